The van der Waals surface area contributed by atoms with Gasteiger partial charge in [-0.2, -0.15) is 5.10 Å². The Morgan fingerprint density at radius 2 is 1.93 bits per heavy atom. The van der Waals surface area contributed by atoms with Gasteiger partial charge in [0, 0.05) is 48.8 Å². The number of carbonyl (C=O) groups excluding carboxylic acids is 2. The lowest BCUT2D eigenvalue weighted by atomic mass is 10.1. The van der Waals surface area contributed by atoms with Crippen LogP contribution in [-0.2, 0) is 16.6 Å². The maximum absolute atomic E-state index is 10.9. The molecule has 0 aromatic carbocycles. The topological polar surface area (TPSA) is 125 Å². The van der Waals surface area contributed by atoms with Gasteiger partial charge in [-0.1, -0.05) is 13.2 Å². The number of fused-ring (bicyclic) bond motifs is 1. The maximum atomic E-state index is 10.9. The zero-order chi connectivity index (χ0) is 22.3. The molecule has 0 radical (unpaired) electrons. The molecule has 3 aromatic heterocycles. The number of aryl methyl sites for hydroxylation is 1. The number of nitrogens with one attached hydrogen (secondary N) is 1. The molecule has 0 saturated heterocycles. The summed E-state index contributed by atoms with van der Waals surface area (Å²) in [5.74, 6) is -0.372. The molecule has 0 fully saturated rings. The number of aromatic nitrogens is 4. The van der Waals surface area contributed by atoms with Crippen molar-refractivity contribution in [3.63, 3.8) is 0 Å². The van der Waals surface area contributed by atoms with Crippen LogP contribution >= 0.6 is 11.3 Å². The van der Waals surface area contributed by atoms with Gasteiger partial charge in [-0.25, -0.2) is 9.97 Å². The second kappa shape index (κ2) is 10.1. The van der Waals surface area contributed by atoms with Crippen LogP contribution in [0.3, 0.4) is 0 Å². The number of hydrogen-bond donors (Lipinski definition) is 2. The fraction of sp³-hybridized carbons (Fsp3) is 0.150. The van der Waals surface area contributed by atoms with Gasteiger partial charge in [-0.15, -0.1) is 11.3 Å². The molecule has 156 valence electrons. The molecular formula is C20H22N6O3S. The fourth-order valence-electron chi connectivity index (χ4n) is 2.27. The van der Waals surface area contributed by atoms with Crippen molar-refractivity contribution in [2.75, 3.05) is 14.2 Å². The predicted molar refractivity (Wildman–Crippen MR) is 117 cm³/mol. The Hall–Kier alpha value is -3.79. The van der Waals surface area contributed by atoms with E-state index in [4.69, 9.17) is 10.5 Å². The summed E-state index contributed by atoms with van der Waals surface area (Å²) in [6.45, 7) is 6.84. The minimum atomic E-state index is -0.624. The van der Waals surface area contributed by atoms with Gasteiger partial charge in [-0.3, -0.25) is 14.3 Å². The second-order valence-electron chi connectivity index (χ2n) is 5.94. The van der Waals surface area contributed by atoms with Crippen molar-refractivity contribution in [2.24, 2.45) is 12.8 Å². The van der Waals surface area contributed by atoms with Crippen LogP contribution in [0.2, 0.25) is 0 Å². The molecule has 0 aliphatic rings. The first-order valence-corrected chi connectivity index (χ1v) is 9.49. The lowest BCUT2D eigenvalue weighted by Crippen LogP contribution is -2.18. The summed E-state index contributed by atoms with van der Waals surface area (Å²) in [4.78, 5) is 29.9. The van der Waals surface area contributed by atoms with E-state index in [0.29, 0.717) is 5.88 Å². The van der Waals surface area contributed by atoms with Gasteiger partial charge >= 0.3 is 0 Å². The SMILES string of the molecule is C=C(/C=C\C(=C)C(=O)NC)C(N)=O.COc1ncc(-c2cnn(C)c2)c2scnc12. The molecule has 2 amide bonds. The standard InChI is InChI=1S/C11H10N4OS.C9H12N2O2/c1-15-5-7(3-14-15)8-4-12-11(16-2)9-10(8)17-6-13-9;1-6(8(10)12)4-5-7(2)9(13)11-3/h3-6H,1-2H3;4-5H,1-2H2,3H3,(H2,10,12)(H,11,13)/b;5-4-. The Morgan fingerprint density at radius 1 is 1.23 bits per heavy atom. The minimum Gasteiger partial charge on any atom is -0.479 e. The summed E-state index contributed by atoms with van der Waals surface area (Å²) in [5.41, 5.74) is 9.96. The second-order valence-corrected chi connectivity index (χ2v) is 6.80. The fourth-order valence-corrected chi connectivity index (χ4v) is 3.08. The van der Waals surface area contributed by atoms with E-state index in [1.165, 1.54) is 19.2 Å². The van der Waals surface area contributed by atoms with Gasteiger partial charge in [0.05, 0.1) is 23.5 Å². The molecule has 0 spiro atoms. The lowest BCUT2D eigenvalue weighted by molar-refractivity contribution is -0.117. The predicted octanol–water partition coefficient (Wildman–Crippen LogP) is 1.99. The van der Waals surface area contributed by atoms with Crippen molar-refractivity contribution < 1.29 is 14.3 Å². The number of thiazole rings is 1. The first-order valence-electron chi connectivity index (χ1n) is 8.61. The zero-order valence-corrected chi connectivity index (χ0v) is 17.7. The van der Waals surface area contributed by atoms with Crippen LogP contribution < -0.4 is 15.8 Å². The van der Waals surface area contributed by atoms with E-state index in [1.807, 2.05) is 19.4 Å². The monoisotopic (exact) mass is 426 g/mol. The van der Waals surface area contributed by atoms with E-state index < -0.39 is 5.91 Å². The summed E-state index contributed by atoms with van der Waals surface area (Å²) in [6, 6.07) is 0. The number of ether oxygens (including phenoxy) is 1. The maximum Gasteiger partial charge on any atom is 0.250 e. The third-order valence-corrected chi connectivity index (χ3v) is 4.72. The summed E-state index contributed by atoms with van der Waals surface area (Å²) < 4.78 is 8.04. The number of amides is 2. The van der Waals surface area contributed by atoms with Crippen LogP contribution in [0, 0.1) is 0 Å². The van der Waals surface area contributed by atoms with Crippen LogP contribution in [0.25, 0.3) is 21.3 Å². The zero-order valence-electron chi connectivity index (χ0n) is 16.9. The Balaban J connectivity index is 0.000000224. The first kappa shape index (κ1) is 22.5. The Bertz CT molecular complexity index is 1130. The highest BCUT2D eigenvalue weighted by molar-refractivity contribution is 7.17. The minimum absolute atomic E-state index is 0.130. The van der Waals surface area contributed by atoms with Crippen molar-refractivity contribution in [1.82, 2.24) is 25.1 Å². The highest BCUT2D eigenvalue weighted by Crippen LogP contribution is 2.34. The molecule has 0 unspecified atom stereocenters. The van der Waals surface area contributed by atoms with Gasteiger partial charge in [0.1, 0.15) is 5.52 Å². The third-order valence-electron chi connectivity index (χ3n) is 3.86. The van der Waals surface area contributed by atoms with E-state index in [1.54, 1.807) is 34.8 Å². The number of likely N-dealkylation sites (N-methyl/N-ethyl adjacent to an activating group) is 1. The van der Waals surface area contributed by atoms with Crippen LogP contribution in [0.1, 0.15) is 0 Å². The number of carbonyl (C=O) groups is 2. The average molecular weight is 427 g/mol. The first-order chi connectivity index (χ1) is 14.3. The van der Waals surface area contributed by atoms with Crippen molar-refractivity contribution >= 4 is 33.4 Å². The Kier molecular flexibility index (Phi) is 7.59. The van der Waals surface area contributed by atoms with Crippen molar-refractivity contribution in [2.45, 2.75) is 0 Å². The largest absolute Gasteiger partial charge is 0.479 e. The van der Waals surface area contributed by atoms with E-state index >= 15 is 0 Å². The van der Waals surface area contributed by atoms with Crippen LogP contribution in [0.15, 0.2) is 60.6 Å². The van der Waals surface area contributed by atoms with E-state index in [0.717, 1.165) is 21.3 Å². The van der Waals surface area contributed by atoms with Gasteiger partial charge in [0.25, 0.3) is 0 Å². The van der Waals surface area contributed by atoms with Crippen LogP contribution in [0.4, 0.5) is 0 Å². The highest BCUT2D eigenvalue weighted by atomic mass is 32.1. The molecular weight excluding hydrogens is 404 g/mol. The number of methoxy groups -OCH3 is 1. The van der Waals surface area contributed by atoms with Gasteiger partial charge < -0.3 is 15.8 Å². The number of pyridine rings is 1. The van der Waals surface area contributed by atoms with Crippen LogP contribution in [0.5, 0.6) is 5.88 Å². The summed E-state index contributed by atoms with van der Waals surface area (Å²) in [5, 5.41) is 6.55. The molecule has 3 N–H and O–H groups in total. The molecule has 3 heterocycles. The number of nitrogens with two attached hydrogens (primary N) is 1. The summed E-state index contributed by atoms with van der Waals surface area (Å²) in [6.07, 6.45) is 8.31. The molecule has 10 heteroatoms. The number of primary amides is 1. The number of nitrogens with zero attached hydrogens (tertiary/aromatic N) is 4. The van der Waals surface area contributed by atoms with E-state index in [9.17, 15) is 9.59 Å². The lowest BCUT2D eigenvalue weighted by Gasteiger charge is -2.02. The van der Waals surface area contributed by atoms with Crippen molar-refractivity contribution in [1.29, 1.82) is 0 Å². The molecule has 30 heavy (non-hydrogen) atoms. The van der Waals surface area contributed by atoms with Crippen molar-refractivity contribution in [3.8, 4) is 17.0 Å². The van der Waals surface area contributed by atoms with E-state index in [2.05, 4.69) is 33.5 Å². The Morgan fingerprint density at radius 3 is 2.50 bits per heavy atom. The van der Waals surface area contributed by atoms with Crippen LogP contribution in [-0.4, -0.2) is 45.7 Å². The Labute approximate surface area is 177 Å². The molecule has 9 nitrogen and oxygen atoms in total. The number of hydrogen-bond acceptors (Lipinski definition) is 7. The molecule has 0 saturated carbocycles. The molecule has 0 aliphatic carbocycles. The third kappa shape index (κ3) is 5.39. The van der Waals surface area contributed by atoms with E-state index in [-0.39, 0.29) is 17.1 Å². The van der Waals surface area contributed by atoms with Gasteiger partial charge in [0.2, 0.25) is 17.7 Å². The molecule has 0 atom stereocenters. The molecule has 3 rings (SSSR count). The summed E-state index contributed by atoms with van der Waals surface area (Å²) >= 11 is 1.58. The highest BCUT2D eigenvalue weighted by Gasteiger charge is 2.13. The quantitative estimate of drug-likeness (QED) is 0.459. The normalized spacial score (nSPS) is 10.4. The van der Waals surface area contributed by atoms with Crippen molar-refractivity contribution in [3.05, 3.63) is 60.6 Å². The smallest absolute Gasteiger partial charge is 0.250 e. The van der Waals surface area contributed by atoms with Gasteiger partial charge in [-0.05, 0) is 12.2 Å². The molecule has 0 bridgehead atoms. The molecule has 0 aliphatic heterocycles. The molecule has 3 aromatic rings. The average Bonchev–Trinajstić information content (AvgIpc) is 3.40. The number of rotatable bonds is 6. The van der Waals surface area contributed by atoms with Gasteiger partial charge in [0.15, 0.2) is 0 Å². The summed E-state index contributed by atoms with van der Waals surface area (Å²) in [7, 11) is 4.99.